The summed E-state index contributed by atoms with van der Waals surface area (Å²) in [5.41, 5.74) is -0.0266. The van der Waals surface area contributed by atoms with E-state index in [1.807, 2.05) is 0 Å². The second-order valence-electron chi connectivity index (χ2n) is 4.80. The number of carbonyl (C=O) groups excluding carboxylic acids is 2. The molecule has 0 aromatic heterocycles. The minimum Gasteiger partial charge on any atom is -0.462 e. The average molecular weight is 330 g/mol. The van der Waals surface area contributed by atoms with Crippen LogP contribution in [-0.4, -0.2) is 38.7 Å². The minimum atomic E-state index is -3.88. The number of halogens is 1. The van der Waals surface area contributed by atoms with Gasteiger partial charge in [-0.25, -0.2) is 22.7 Å². The van der Waals surface area contributed by atoms with E-state index >= 15 is 0 Å². The maximum Gasteiger partial charge on any atom is 0.340 e. The van der Waals surface area contributed by atoms with Gasteiger partial charge in [-0.3, -0.25) is 4.79 Å². The van der Waals surface area contributed by atoms with Gasteiger partial charge in [-0.1, -0.05) is 0 Å². The van der Waals surface area contributed by atoms with Crippen LogP contribution in [-0.2, 0) is 19.6 Å². The molecule has 0 aliphatic carbocycles. The van der Waals surface area contributed by atoms with Gasteiger partial charge in [0.1, 0.15) is 11.1 Å². The monoisotopic (exact) mass is 330 g/mol. The van der Waals surface area contributed by atoms with Crippen molar-refractivity contribution >= 4 is 27.6 Å². The van der Waals surface area contributed by atoms with Gasteiger partial charge in [0.25, 0.3) is 0 Å². The smallest absolute Gasteiger partial charge is 0.340 e. The van der Waals surface area contributed by atoms with Gasteiger partial charge in [0.2, 0.25) is 15.9 Å². The van der Waals surface area contributed by atoms with Gasteiger partial charge in [0, 0.05) is 13.0 Å². The molecule has 0 radical (unpaired) electrons. The number of rotatable bonds is 4. The lowest BCUT2D eigenvalue weighted by Crippen LogP contribution is -2.32. The van der Waals surface area contributed by atoms with Crippen LogP contribution >= 0.6 is 0 Å². The number of benzene rings is 1. The molecule has 1 aliphatic heterocycles. The van der Waals surface area contributed by atoms with Gasteiger partial charge < -0.3 is 9.64 Å². The van der Waals surface area contributed by atoms with Crippen LogP contribution in [0.3, 0.4) is 0 Å². The van der Waals surface area contributed by atoms with Crippen LogP contribution in [0, 0.1) is 5.82 Å². The summed E-state index contributed by atoms with van der Waals surface area (Å²) in [6.45, 7) is 1.49. The minimum absolute atomic E-state index is 0.0859. The van der Waals surface area contributed by atoms with Crippen molar-refractivity contribution in [2.75, 3.05) is 18.1 Å². The Kier molecular flexibility index (Phi) is 4.47. The van der Waals surface area contributed by atoms with Crippen LogP contribution in [0.5, 0.6) is 0 Å². The lowest BCUT2D eigenvalue weighted by Gasteiger charge is -2.19. The van der Waals surface area contributed by atoms with Crippen molar-refractivity contribution in [3.63, 3.8) is 0 Å². The molecular weight excluding hydrogens is 315 g/mol. The number of hydrogen-bond acceptors (Lipinski definition) is 5. The number of nitrogens with two attached hydrogens (primary N) is 1. The lowest BCUT2D eigenvalue weighted by molar-refractivity contribution is -0.117. The molecule has 120 valence electrons. The van der Waals surface area contributed by atoms with Crippen molar-refractivity contribution in [1.29, 1.82) is 0 Å². The summed E-state index contributed by atoms with van der Waals surface area (Å²) in [6, 6.07) is 3.27. The number of anilines is 1. The van der Waals surface area contributed by atoms with E-state index in [4.69, 9.17) is 9.88 Å². The molecule has 7 nitrogen and oxygen atoms in total. The maximum absolute atomic E-state index is 13.4. The summed E-state index contributed by atoms with van der Waals surface area (Å²) >= 11 is 0. The van der Waals surface area contributed by atoms with Crippen molar-refractivity contribution in [2.45, 2.75) is 18.6 Å². The number of primary sulfonamides is 1. The third kappa shape index (κ3) is 3.25. The van der Waals surface area contributed by atoms with Gasteiger partial charge in [-0.05, 0) is 25.1 Å². The van der Waals surface area contributed by atoms with Crippen molar-refractivity contribution in [3.05, 3.63) is 29.6 Å². The molecular formula is C13H15FN2O5S. The average Bonchev–Trinajstić information content (AvgIpc) is 2.81. The molecule has 1 aromatic carbocycles. The van der Waals surface area contributed by atoms with Gasteiger partial charge >= 0.3 is 5.97 Å². The molecule has 0 bridgehead atoms. The zero-order valence-corrected chi connectivity index (χ0v) is 12.6. The third-order valence-corrected chi connectivity index (χ3v) is 4.54. The molecule has 22 heavy (non-hydrogen) atoms. The van der Waals surface area contributed by atoms with Crippen molar-refractivity contribution in [1.82, 2.24) is 0 Å². The molecule has 1 heterocycles. The van der Waals surface area contributed by atoms with Crippen LogP contribution in [0.15, 0.2) is 18.2 Å². The first-order valence-corrected chi connectivity index (χ1v) is 8.13. The van der Waals surface area contributed by atoms with Crippen molar-refractivity contribution in [3.8, 4) is 0 Å². The number of hydrogen-bond donors (Lipinski definition) is 1. The van der Waals surface area contributed by atoms with Gasteiger partial charge in [-0.15, -0.1) is 0 Å². The topological polar surface area (TPSA) is 107 Å². The molecule has 1 atom stereocenters. The van der Waals surface area contributed by atoms with Gasteiger partial charge in [-0.2, -0.15) is 0 Å². The highest BCUT2D eigenvalue weighted by atomic mass is 32.2. The van der Waals surface area contributed by atoms with E-state index in [1.165, 1.54) is 6.07 Å². The van der Waals surface area contributed by atoms with E-state index in [0.717, 1.165) is 17.0 Å². The fourth-order valence-electron chi connectivity index (χ4n) is 2.24. The highest BCUT2D eigenvalue weighted by molar-refractivity contribution is 7.89. The summed E-state index contributed by atoms with van der Waals surface area (Å²) in [6.07, 6.45) is -0.279. The zero-order valence-electron chi connectivity index (χ0n) is 11.8. The molecule has 0 saturated carbocycles. The van der Waals surface area contributed by atoms with Crippen LogP contribution in [0.1, 0.15) is 23.7 Å². The van der Waals surface area contributed by atoms with Crippen molar-refractivity contribution in [2.24, 2.45) is 5.14 Å². The summed E-state index contributed by atoms with van der Waals surface area (Å²) < 4.78 is 41.0. The number of sulfonamides is 1. The molecule has 9 heteroatoms. The van der Waals surface area contributed by atoms with Crippen LogP contribution < -0.4 is 10.0 Å². The number of ether oxygens (including phenoxy) is 1. The molecule has 2 N–H and O–H groups in total. The highest BCUT2D eigenvalue weighted by Gasteiger charge is 2.38. The van der Waals surface area contributed by atoms with E-state index < -0.39 is 33.0 Å². The molecule has 1 aliphatic rings. The number of esters is 1. The Morgan fingerprint density at radius 2 is 2.18 bits per heavy atom. The first kappa shape index (κ1) is 16.4. The Labute approximate surface area is 126 Å². The first-order chi connectivity index (χ1) is 10.2. The van der Waals surface area contributed by atoms with E-state index in [1.54, 1.807) is 6.92 Å². The summed E-state index contributed by atoms with van der Waals surface area (Å²) in [5.74, 6) is -1.96. The molecule has 1 fully saturated rings. The van der Waals surface area contributed by atoms with Gasteiger partial charge in [0.15, 0.2) is 0 Å². The van der Waals surface area contributed by atoms with E-state index in [2.05, 4.69) is 0 Å². The summed E-state index contributed by atoms with van der Waals surface area (Å²) in [7, 11) is -3.88. The van der Waals surface area contributed by atoms with E-state index in [9.17, 15) is 22.4 Å². The highest BCUT2D eigenvalue weighted by Crippen LogP contribution is 2.28. The number of amides is 1. The zero-order chi connectivity index (χ0) is 16.5. The van der Waals surface area contributed by atoms with E-state index in [0.29, 0.717) is 0 Å². The quantitative estimate of drug-likeness (QED) is 0.804. The number of carbonyl (C=O) groups is 2. The van der Waals surface area contributed by atoms with E-state index in [-0.39, 0.29) is 30.8 Å². The third-order valence-electron chi connectivity index (χ3n) is 3.30. The van der Waals surface area contributed by atoms with Crippen LogP contribution in [0.2, 0.25) is 0 Å². The predicted molar refractivity (Wildman–Crippen MR) is 76.2 cm³/mol. The Bertz CT molecular complexity index is 719. The Hall–Kier alpha value is -2.00. The molecule has 1 saturated heterocycles. The summed E-state index contributed by atoms with van der Waals surface area (Å²) in [4.78, 5) is 25.0. The first-order valence-electron chi connectivity index (χ1n) is 6.52. The Balaban J connectivity index is 2.41. The van der Waals surface area contributed by atoms with Crippen molar-refractivity contribution < 1.29 is 27.1 Å². The predicted octanol–water partition coefficient (Wildman–Crippen LogP) is 0.396. The normalized spacial score (nSPS) is 18.6. The Morgan fingerprint density at radius 1 is 1.50 bits per heavy atom. The van der Waals surface area contributed by atoms with Gasteiger partial charge in [0.05, 0.1) is 17.9 Å². The maximum atomic E-state index is 13.4. The fraction of sp³-hybridized carbons (Fsp3) is 0.385. The molecule has 0 spiro atoms. The Morgan fingerprint density at radius 3 is 2.73 bits per heavy atom. The largest absolute Gasteiger partial charge is 0.462 e. The number of nitrogens with zero attached hydrogens (tertiary/aromatic N) is 1. The molecule has 1 amide bonds. The second kappa shape index (κ2) is 6.01. The molecule has 1 aromatic rings. The second-order valence-corrected chi connectivity index (χ2v) is 6.65. The standard InChI is InChI=1S/C13H15FN2O5S/c1-2-21-13(18)10-5-8(14)3-4-11(10)16-7-9(6-12(16)17)22(15,19)20/h3-5,9H,2,6-7H2,1H3,(H2,15,19,20). The SMILES string of the molecule is CCOC(=O)c1cc(F)ccc1N1CC(S(N)(=O)=O)CC1=O. The molecule has 2 rings (SSSR count). The van der Waals surface area contributed by atoms with Crippen LogP contribution in [0.4, 0.5) is 10.1 Å². The summed E-state index contributed by atoms with van der Waals surface area (Å²) in [5, 5.41) is 4.00. The lowest BCUT2D eigenvalue weighted by atomic mass is 10.1. The van der Waals surface area contributed by atoms with Crippen LogP contribution in [0.25, 0.3) is 0 Å². The molecule has 1 unspecified atom stereocenters. The fourth-order valence-corrected chi connectivity index (χ4v) is 2.98.